The van der Waals surface area contributed by atoms with Crippen LogP contribution in [-0.4, -0.2) is 26.1 Å². The van der Waals surface area contributed by atoms with Gasteiger partial charge in [-0.3, -0.25) is 15.2 Å². The van der Waals surface area contributed by atoms with Gasteiger partial charge in [-0.05, 0) is 0 Å². The highest BCUT2D eigenvalue weighted by Crippen LogP contribution is 2.12. The molecule has 0 unspecified atom stereocenters. The second kappa shape index (κ2) is 4.40. The number of carbonyl (C=O) groups excluding carboxylic acids is 1. The zero-order valence-electron chi connectivity index (χ0n) is 8.89. The van der Waals surface area contributed by atoms with E-state index in [9.17, 15) is 4.79 Å². The van der Waals surface area contributed by atoms with Crippen LogP contribution in [0.1, 0.15) is 36.2 Å². The Labute approximate surface area is 96.1 Å². The molecule has 0 bridgehead atoms. The van der Waals surface area contributed by atoms with E-state index in [0.29, 0.717) is 11.0 Å². The molecule has 0 saturated heterocycles. The van der Waals surface area contributed by atoms with E-state index in [1.165, 1.54) is 11.3 Å². The molecule has 6 nitrogen and oxygen atoms in total. The maximum atomic E-state index is 11.7. The van der Waals surface area contributed by atoms with Crippen molar-refractivity contribution in [3.63, 3.8) is 0 Å². The second-order valence-electron chi connectivity index (χ2n) is 3.49. The molecule has 0 saturated carbocycles. The highest BCUT2D eigenvalue weighted by Gasteiger charge is 2.14. The van der Waals surface area contributed by atoms with Crippen LogP contribution in [0.25, 0.3) is 0 Å². The molecule has 1 amide bonds. The van der Waals surface area contributed by atoms with E-state index >= 15 is 0 Å². The lowest BCUT2D eigenvalue weighted by molar-refractivity contribution is 0.101. The molecule has 0 spiro atoms. The van der Waals surface area contributed by atoms with Gasteiger partial charge in [-0.15, -0.1) is 16.4 Å². The van der Waals surface area contributed by atoms with Crippen molar-refractivity contribution in [2.75, 3.05) is 5.32 Å². The van der Waals surface area contributed by atoms with Gasteiger partial charge in [-0.1, -0.05) is 13.8 Å². The summed E-state index contributed by atoms with van der Waals surface area (Å²) >= 11 is 1.35. The van der Waals surface area contributed by atoms with Crippen LogP contribution in [0.3, 0.4) is 0 Å². The van der Waals surface area contributed by atoms with E-state index in [1.807, 2.05) is 13.8 Å². The molecule has 0 aliphatic heterocycles. The number of hydrogen-bond acceptors (Lipinski definition) is 5. The number of amides is 1. The van der Waals surface area contributed by atoms with Crippen molar-refractivity contribution in [3.05, 3.63) is 23.2 Å². The summed E-state index contributed by atoms with van der Waals surface area (Å²) in [5.41, 5.74) is 0. The minimum absolute atomic E-state index is 0.138. The number of anilines is 1. The van der Waals surface area contributed by atoms with Crippen LogP contribution in [0.15, 0.2) is 11.6 Å². The normalized spacial score (nSPS) is 10.7. The summed E-state index contributed by atoms with van der Waals surface area (Å²) in [6, 6.07) is 0. The van der Waals surface area contributed by atoms with E-state index in [2.05, 4.69) is 25.5 Å². The zero-order chi connectivity index (χ0) is 11.5. The number of H-pyrrole nitrogens is 1. The first-order valence-electron chi connectivity index (χ1n) is 4.80. The molecule has 7 heteroatoms. The van der Waals surface area contributed by atoms with Crippen molar-refractivity contribution in [3.8, 4) is 0 Å². The maximum absolute atomic E-state index is 11.7. The fourth-order valence-corrected chi connectivity index (χ4v) is 1.60. The molecule has 0 radical (unpaired) electrons. The first kappa shape index (κ1) is 10.7. The number of rotatable bonds is 3. The van der Waals surface area contributed by atoms with Crippen molar-refractivity contribution in [2.45, 2.75) is 19.8 Å². The summed E-state index contributed by atoms with van der Waals surface area (Å²) in [4.78, 5) is 19.7. The van der Waals surface area contributed by atoms with Crippen molar-refractivity contribution < 1.29 is 4.79 Å². The smallest absolute Gasteiger partial charge is 0.295 e. The Bertz CT molecular complexity index is 476. The number of aromatic amines is 1. The molecule has 2 rings (SSSR count). The topological polar surface area (TPSA) is 83.6 Å². The van der Waals surface area contributed by atoms with Gasteiger partial charge in [0.2, 0.25) is 5.82 Å². The molecule has 2 N–H and O–H groups in total. The summed E-state index contributed by atoms with van der Waals surface area (Å²) in [6.45, 7) is 3.95. The summed E-state index contributed by atoms with van der Waals surface area (Å²) in [6.07, 6.45) is 1.62. The summed E-state index contributed by atoms with van der Waals surface area (Å²) in [5.74, 6) is 0.704. The standard InChI is InChI=1S/C9H11N5OS/c1-5(2)6-11-7(14-13-6)8(15)12-9-10-3-4-16-9/h3-5H,1-2H3,(H,10,12,15)(H,11,13,14). The SMILES string of the molecule is CC(C)c1nc(C(=O)Nc2nccs2)n[nH]1. The van der Waals surface area contributed by atoms with Gasteiger partial charge in [-0.25, -0.2) is 9.97 Å². The fraction of sp³-hybridized carbons (Fsp3) is 0.333. The quantitative estimate of drug-likeness (QED) is 0.850. The van der Waals surface area contributed by atoms with Gasteiger partial charge >= 0.3 is 0 Å². The van der Waals surface area contributed by atoms with E-state index in [1.54, 1.807) is 11.6 Å². The monoisotopic (exact) mass is 237 g/mol. The summed E-state index contributed by atoms with van der Waals surface area (Å²) in [5, 5.41) is 11.5. The van der Waals surface area contributed by atoms with Gasteiger partial charge in [0.05, 0.1) is 0 Å². The molecule has 2 aromatic rings. The fourth-order valence-electron chi connectivity index (χ4n) is 1.07. The van der Waals surface area contributed by atoms with Crippen LogP contribution in [0, 0.1) is 0 Å². The summed E-state index contributed by atoms with van der Waals surface area (Å²) in [7, 11) is 0. The van der Waals surface area contributed by atoms with Gasteiger partial charge in [0.15, 0.2) is 5.13 Å². The highest BCUT2D eigenvalue weighted by atomic mass is 32.1. The van der Waals surface area contributed by atoms with Crippen LogP contribution in [-0.2, 0) is 0 Å². The summed E-state index contributed by atoms with van der Waals surface area (Å²) < 4.78 is 0. The molecule has 0 atom stereocenters. The first-order chi connectivity index (χ1) is 7.66. The Kier molecular flexibility index (Phi) is 2.95. The van der Waals surface area contributed by atoms with E-state index in [0.717, 1.165) is 0 Å². The molecule has 2 heterocycles. The Hall–Kier alpha value is -1.76. The number of nitrogens with one attached hydrogen (secondary N) is 2. The van der Waals surface area contributed by atoms with Crippen molar-refractivity contribution in [1.82, 2.24) is 20.2 Å². The van der Waals surface area contributed by atoms with Crippen LogP contribution >= 0.6 is 11.3 Å². The van der Waals surface area contributed by atoms with E-state index < -0.39 is 0 Å². The minimum Gasteiger partial charge on any atom is -0.295 e. The lowest BCUT2D eigenvalue weighted by Gasteiger charge is -1.96. The lowest BCUT2D eigenvalue weighted by atomic mass is 10.2. The van der Waals surface area contributed by atoms with Crippen LogP contribution in [0.2, 0.25) is 0 Å². The van der Waals surface area contributed by atoms with E-state index in [-0.39, 0.29) is 17.6 Å². The highest BCUT2D eigenvalue weighted by molar-refractivity contribution is 7.13. The van der Waals surface area contributed by atoms with Gasteiger partial charge in [0.1, 0.15) is 5.82 Å². The number of nitrogens with zero attached hydrogens (tertiary/aromatic N) is 3. The Morgan fingerprint density at radius 3 is 2.94 bits per heavy atom. The second-order valence-corrected chi connectivity index (χ2v) is 4.38. The third-order valence-corrected chi connectivity index (χ3v) is 2.59. The minimum atomic E-state index is -0.349. The molecule has 2 aromatic heterocycles. The van der Waals surface area contributed by atoms with Gasteiger partial charge in [0, 0.05) is 17.5 Å². The zero-order valence-corrected chi connectivity index (χ0v) is 9.71. The predicted octanol–water partition coefficient (Wildman–Crippen LogP) is 1.64. The van der Waals surface area contributed by atoms with Crippen molar-refractivity contribution in [1.29, 1.82) is 0 Å². The van der Waals surface area contributed by atoms with Crippen molar-refractivity contribution in [2.24, 2.45) is 0 Å². The molecular formula is C9H11N5OS. The molecule has 16 heavy (non-hydrogen) atoms. The Balaban J connectivity index is 2.09. The average Bonchev–Trinajstić information content (AvgIpc) is 2.86. The van der Waals surface area contributed by atoms with Crippen molar-refractivity contribution >= 4 is 22.4 Å². The van der Waals surface area contributed by atoms with Crippen LogP contribution in [0.4, 0.5) is 5.13 Å². The van der Waals surface area contributed by atoms with Gasteiger partial charge < -0.3 is 0 Å². The predicted molar refractivity (Wildman–Crippen MR) is 60.5 cm³/mol. The molecule has 0 aliphatic carbocycles. The maximum Gasteiger partial charge on any atom is 0.297 e. The largest absolute Gasteiger partial charge is 0.297 e. The molecule has 0 aliphatic rings. The van der Waals surface area contributed by atoms with Gasteiger partial charge in [-0.2, -0.15) is 0 Å². The first-order valence-corrected chi connectivity index (χ1v) is 5.68. The van der Waals surface area contributed by atoms with Crippen LogP contribution in [0.5, 0.6) is 0 Å². The Morgan fingerprint density at radius 2 is 2.38 bits per heavy atom. The molecule has 0 aromatic carbocycles. The molecule has 0 fully saturated rings. The number of thiazole rings is 1. The molecular weight excluding hydrogens is 226 g/mol. The Morgan fingerprint density at radius 1 is 1.56 bits per heavy atom. The van der Waals surface area contributed by atoms with Gasteiger partial charge in [0.25, 0.3) is 5.91 Å². The average molecular weight is 237 g/mol. The van der Waals surface area contributed by atoms with Crippen LogP contribution < -0.4 is 5.32 Å². The molecule has 84 valence electrons. The third kappa shape index (κ3) is 2.25. The number of hydrogen-bond donors (Lipinski definition) is 2. The number of aromatic nitrogens is 4. The lowest BCUT2D eigenvalue weighted by Crippen LogP contribution is -2.13. The number of carbonyl (C=O) groups is 1. The third-order valence-electron chi connectivity index (χ3n) is 1.91. The van der Waals surface area contributed by atoms with E-state index in [4.69, 9.17) is 0 Å².